The molecule has 27 heavy (non-hydrogen) atoms. The van der Waals surface area contributed by atoms with Crippen LogP contribution in [0.4, 0.5) is 10.5 Å². The highest BCUT2D eigenvalue weighted by molar-refractivity contribution is 5.90. The molecule has 0 aromatic heterocycles. The lowest BCUT2D eigenvalue weighted by Crippen LogP contribution is -2.31. The number of methoxy groups -OCH3 is 1. The predicted octanol–water partition coefficient (Wildman–Crippen LogP) is 4.95. The van der Waals surface area contributed by atoms with Crippen molar-refractivity contribution in [2.24, 2.45) is 0 Å². The van der Waals surface area contributed by atoms with Gasteiger partial charge in [0.05, 0.1) is 7.11 Å². The van der Waals surface area contributed by atoms with E-state index in [1.165, 1.54) is 5.56 Å². The van der Waals surface area contributed by atoms with E-state index in [0.29, 0.717) is 6.54 Å². The van der Waals surface area contributed by atoms with Crippen molar-refractivity contribution in [1.29, 1.82) is 0 Å². The van der Waals surface area contributed by atoms with E-state index in [2.05, 4.69) is 17.4 Å². The van der Waals surface area contributed by atoms with E-state index in [-0.39, 0.29) is 6.03 Å². The van der Waals surface area contributed by atoms with Crippen LogP contribution in [0.2, 0.25) is 0 Å². The molecule has 0 bridgehead atoms. The Bertz CT molecular complexity index is 876. The first-order valence-electron chi connectivity index (χ1n) is 8.92. The third-order valence-corrected chi connectivity index (χ3v) is 4.42. The molecular formula is C23H24N2O2. The number of ether oxygens (including phenoxy) is 1. The van der Waals surface area contributed by atoms with Crippen LogP contribution < -0.4 is 10.1 Å². The Morgan fingerprint density at radius 2 is 1.56 bits per heavy atom. The molecule has 138 valence electrons. The van der Waals surface area contributed by atoms with Gasteiger partial charge in [-0.25, -0.2) is 4.79 Å². The summed E-state index contributed by atoms with van der Waals surface area (Å²) in [6.07, 6.45) is 0.777. The van der Waals surface area contributed by atoms with Gasteiger partial charge < -0.3 is 15.0 Å². The smallest absolute Gasteiger partial charge is 0.321 e. The molecule has 0 aliphatic rings. The van der Waals surface area contributed by atoms with Crippen molar-refractivity contribution in [3.05, 3.63) is 95.6 Å². The monoisotopic (exact) mass is 360 g/mol. The highest BCUT2D eigenvalue weighted by atomic mass is 16.5. The van der Waals surface area contributed by atoms with E-state index in [9.17, 15) is 4.79 Å². The number of para-hydroxylation sites is 1. The fourth-order valence-electron chi connectivity index (χ4n) is 2.90. The second-order valence-corrected chi connectivity index (χ2v) is 6.45. The van der Waals surface area contributed by atoms with Crippen molar-refractivity contribution in [2.45, 2.75) is 13.0 Å². The van der Waals surface area contributed by atoms with Gasteiger partial charge in [0.2, 0.25) is 0 Å². The lowest BCUT2D eigenvalue weighted by molar-refractivity contribution is 0.220. The Hall–Kier alpha value is -3.27. The molecule has 3 aromatic carbocycles. The molecule has 0 fully saturated rings. The molecule has 0 radical (unpaired) electrons. The lowest BCUT2D eigenvalue weighted by atomic mass is 10.0. The normalized spacial score (nSPS) is 10.3. The summed E-state index contributed by atoms with van der Waals surface area (Å²) in [6.45, 7) is 0.524. The Morgan fingerprint density at radius 1 is 0.889 bits per heavy atom. The van der Waals surface area contributed by atoms with Gasteiger partial charge in [-0.05, 0) is 41.3 Å². The number of urea groups is 1. The number of rotatable bonds is 6. The Morgan fingerprint density at radius 3 is 2.26 bits per heavy atom. The topological polar surface area (TPSA) is 41.6 Å². The van der Waals surface area contributed by atoms with Gasteiger partial charge in [-0.15, -0.1) is 0 Å². The average molecular weight is 360 g/mol. The largest absolute Gasteiger partial charge is 0.497 e. The van der Waals surface area contributed by atoms with Crippen molar-refractivity contribution in [1.82, 2.24) is 4.90 Å². The molecule has 2 amide bonds. The van der Waals surface area contributed by atoms with Crippen LogP contribution in [-0.4, -0.2) is 25.1 Å². The van der Waals surface area contributed by atoms with Crippen LogP contribution in [0.25, 0.3) is 0 Å². The van der Waals surface area contributed by atoms with Crippen molar-refractivity contribution in [3.63, 3.8) is 0 Å². The van der Waals surface area contributed by atoms with E-state index < -0.39 is 0 Å². The highest BCUT2D eigenvalue weighted by Gasteiger charge is 2.12. The van der Waals surface area contributed by atoms with Crippen molar-refractivity contribution < 1.29 is 9.53 Å². The minimum Gasteiger partial charge on any atom is -0.497 e. The van der Waals surface area contributed by atoms with Gasteiger partial charge in [-0.2, -0.15) is 0 Å². The van der Waals surface area contributed by atoms with E-state index in [1.54, 1.807) is 19.1 Å². The quantitative estimate of drug-likeness (QED) is 0.676. The minimum atomic E-state index is -0.133. The summed E-state index contributed by atoms with van der Waals surface area (Å²) in [5, 5.41) is 3.04. The van der Waals surface area contributed by atoms with E-state index in [0.717, 1.165) is 29.0 Å². The van der Waals surface area contributed by atoms with Crippen LogP contribution in [-0.2, 0) is 13.0 Å². The van der Waals surface area contributed by atoms with Gasteiger partial charge in [0.25, 0.3) is 0 Å². The van der Waals surface area contributed by atoms with Crippen LogP contribution in [0.5, 0.6) is 5.75 Å². The van der Waals surface area contributed by atoms with Crippen molar-refractivity contribution in [2.75, 3.05) is 19.5 Å². The summed E-state index contributed by atoms with van der Waals surface area (Å²) < 4.78 is 5.17. The summed E-state index contributed by atoms with van der Waals surface area (Å²) in [5.74, 6) is 0.806. The third-order valence-electron chi connectivity index (χ3n) is 4.42. The molecule has 0 heterocycles. The van der Waals surface area contributed by atoms with Crippen LogP contribution in [0.3, 0.4) is 0 Å². The van der Waals surface area contributed by atoms with Crippen molar-refractivity contribution in [3.8, 4) is 5.75 Å². The molecule has 1 N–H and O–H groups in total. The van der Waals surface area contributed by atoms with Gasteiger partial charge in [-0.3, -0.25) is 0 Å². The van der Waals surface area contributed by atoms with E-state index in [1.807, 2.05) is 66.7 Å². The number of carbonyl (C=O) groups excluding carboxylic acids is 1. The number of benzene rings is 3. The van der Waals surface area contributed by atoms with E-state index >= 15 is 0 Å². The van der Waals surface area contributed by atoms with E-state index in [4.69, 9.17) is 4.74 Å². The molecule has 0 saturated heterocycles. The molecule has 3 aromatic rings. The molecule has 0 spiro atoms. The summed E-state index contributed by atoms with van der Waals surface area (Å²) in [4.78, 5) is 14.3. The fourth-order valence-corrected chi connectivity index (χ4v) is 2.90. The number of nitrogens with zero attached hydrogens (tertiary/aromatic N) is 1. The Kier molecular flexibility index (Phi) is 6.10. The molecule has 3 rings (SSSR count). The standard InChI is InChI=1S/C23H24N2O2/c1-25(17-19-12-14-21(27-2)15-13-19)23(26)24-22-11-7-6-10-20(22)16-18-8-4-3-5-9-18/h3-15H,16-17H2,1-2H3,(H,24,26). The molecule has 0 aliphatic heterocycles. The number of hydrogen-bond acceptors (Lipinski definition) is 2. The maximum Gasteiger partial charge on any atom is 0.321 e. The summed E-state index contributed by atoms with van der Waals surface area (Å²) in [6, 6.07) is 25.8. The lowest BCUT2D eigenvalue weighted by Gasteiger charge is -2.19. The summed E-state index contributed by atoms with van der Waals surface area (Å²) >= 11 is 0. The van der Waals surface area contributed by atoms with Gasteiger partial charge in [0, 0.05) is 19.3 Å². The first-order chi connectivity index (χ1) is 13.2. The maximum atomic E-state index is 12.6. The van der Waals surface area contributed by atoms with Crippen LogP contribution >= 0.6 is 0 Å². The zero-order chi connectivity index (χ0) is 19.1. The van der Waals surface area contributed by atoms with Crippen molar-refractivity contribution >= 4 is 11.7 Å². The number of hydrogen-bond donors (Lipinski definition) is 1. The fraction of sp³-hybridized carbons (Fsp3) is 0.174. The summed E-state index contributed by atoms with van der Waals surface area (Å²) in [5.41, 5.74) is 4.19. The molecule has 4 heteroatoms. The SMILES string of the molecule is COc1ccc(CN(C)C(=O)Nc2ccccc2Cc2ccccc2)cc1. The zero-order valence-electron chi connectivity index (χ0n) is 15.7. The molecular weight excluding hydrogens is 336 g/mol. The second kappa shape index (κ2) is 8.90. The third kappa shape index (κ3) is 5.11. The number of anilines is 1. The van der Waals surface area contributed by atoms with Crippen LogP contribution in [0.1, 0.15) is 16.7 Å². The van der Waals surface area contributed by atoms with Crippen LogP contribution in [0, 0.1) is 0 Å². The number of amides is 2. The maximum absolute atomic E-state index is 12.6. The number of carbonyl (C=O) groups is 1. The Balaban J connectivity index is 1.66. The van der Waals surface area contributed by atoms with Gasteiger partial charge in [0.15, 0.2) is 0 Å². The zero-order valence-corrected chi connectivity index (χ0v) is 15.7. The Labute approximate surface area is 160 Å². The van der Waals surface area contributed by atoms with Crippen LogP contribution in [0.15, 0.2) is 78.9 Å². The first kappa shape index (κ1) is 18.5. The molecule has 4 nitrogen and oxygen atoms in total. The van der Waals surface area contributed by atoms with Gasteiger partial charge in [-0.1, -0.05) is 60.7 Å². The minimum absolute atomic E-state index is 0.133. The molecule has 0 atom stereocenters. The number of nitrogens with one attached hydrogen (secondary N) is 1. The second-order valence-electron chi connectivity index (χ2n) is 6.45. The average Bonchev–Trinajstić information content (AvgIpc) is 2.71. The first-order valence-corrected chi connectivity index (χ1v) is 8.92. The molecule has 0 unspecified atom stereocenters. The predicted molar refractivity (Wildman–Crippen MR) is 109 cm³/mol. The van der Waals surface area contributed by atoms with Gasteiger partial charge >= 0.3 is 6.03 Å². The summed E-state index contributed by atoms with van der Waals surface area (Å²) in [7, 11) is 3.43. The highest BCUT2D eigenvalue weighted by Crippen LogP contribution is 2.20. The molecule has 0 aliphatic carbocycles. The molecule has 0 saturated carbocycles. The van der Waals surface area contributed by atoms with Gasteiger partial charge in [0.1, 0.15) is 5.75 Å².